The van der Waals surface area contributed by atoms with Crippen LogP contribution in [0.3, 0.4) is 0 Å². The molecule has 0 atom stereocenters. The Balaban J connectivity index is 0.948. The van der Waals surface area contributed by atoms with Gasteiger partial charge in [0.25, 0.3) is 13.4 Å². The van der Waals surface area contributed by atoms with E-state index in [-0.39, 0.29) is 13.4 Å². The van der Waals surface area contributed by atoms with E-state index in [2.05, 4.69) is 262 Å². The molecule has 6 nitrogen and oxygen atoms in total. The quantitative estimate of drug-likeness (QED) is 0.156. The van der Waals surface area contributed by atoms with Crippen LogP contribution in [0.5, 0.6) is 23.0 Å². The van der Waals surface area contributed by atoms with Gasteiger partial charge in [-0.05, 0) is 112 Å². The van der Waals surface area contributed by atoms with Crippen molar-refractivity contribution in [2.45, 2.75) is 6.92 Å². The van der Waals surface area contributed by atoms with Crippen molar-refractivity contribution in [2.24, 2.45) is 0 Å². The molecule has 2 aromatic heterocycles. The van der Waals surface area contributed by atoms with Gasteiger partial charge < -0.3 is 28.4 Å². The van der Waals surface area contributed by atoms with Crippen molar-refractivity contribution >= 4 is 124 Å². The predicted octanol–water partition coefficient (Wildman–Crippen LogP) is 13.0. The van der Waals surface area contributed by atoms with Gasteiger partial charge in [0.1, 0.15) is 23.0 Å². The molecule has 6 heterocycles. The second kappa shape index (κ2) is 15.2. The highest BCUT2D eigenvalue weighted by Gasteiger charge is 2.47. The number of benzene rings is 11. The maximum absolute atomic E-state index is 7.58. The highest BCUT2D eigenvalue weighted by Crippen LogP contribution is 2.47. The van der Waals surface area contributed by atoms with Gasteiger partial charge in [-0.3, -0.25) is 0 Å². The van der Waals surface area contributed by atoms with E-state index in [0.717, 1.165) is 85.0 Å². The van der Waals surface area contributed by atoms with E-state index in [1.807, 2.05) is 0 Å². The second-order valence-corrected chi connectivity index (χ2v) is 20.4. The fraction of sp³-hybridized carbons (Fsp3) is 0.0149. The Hall–Kier alpha value is -9.65. The molecule has 0 saturated carbocycles. The third-order valence-corrected chi connectivity index (χ3v) is 16.5. The molecule has 0 aliphatic carbocycles. The third kappa shape index (κ3) is 5.55. The van der Waals surface area contributed by atoms with Crippen molar-refractivity contribution in [3.8, 4) is 34.4 Å². The average molecular weight is 957 g/mol. The van der Waals surface area contributed by atoms with Crippen LogP contribution in [0.2, 0.25) is 0 Å². The molecule has 17 rings (SSSR count). The topological polar surface area (TPSA) is 34.8 Å². The summed E-state index contributed by atoms with van der Waals surface area (Å²) in [6.45, 7) is 1.96. The molecule has 75 heavy (non-hydrogen) atoms. The molecule has 11 aromatic carbocycles. The zero-order valence-corrected chi connectivity index (χ0v) is 40.8. The van der Waals surface area contributed by atoms with Crippen LogP contribution in [0.15, 0.2) is 237 Å². The van der Waals surface area contributed by atoms with E-state index in [1.165, 1.54) is 65.5 Å². The molecule has 4 aliphatic heterocycles. The Kier molecular flexibility index (Phi) is 8.29. The number of hydrogen-bond acceptors (Lipinski definition) is 4. The van der Waals surface area contributed by atoms with Gasteiger partial charge in [0, 0.05) is 84.4 Å². The summed E-state index contributed by atoms with van der Waals surface area (Å²) in [5, 5.41) is 4.96. The molecular weight excluding hydrogens is 914 g/mol. The number of ether oxygens (including phenoxy) is 2. The maximum Gasteiger partial charge on any atom is 0.256 e. The Labute approximate surface area is 433 Å². The fourth-order valence-electron chi connectivity index (χ4n) is 13.5. The maximum atomic E-state index is 7.58. The molecule has 0 spiro atoms. The number of aromatic nitrogens is 2. The number of anilines is 6. The lowest BCUT2D eigenvalue weighted by Gasteiger charge is -2.39. The van der Waals surface area contributed by atoms with Gasteiger partial charge in [-0.1, -0.05) is 152 Å². The van der Waals surface area contributed by atoms with Gasteiger partial charge in [-0.25, -0.2) is 0 Å². The van der Waals surface area contributed by atoms with Gasteiger partial charge in [0.2, 0.25) is 0 Å². The molecule has 0 radical (unpaired) electrons. The summed E-state index contributed by atoms with van der Waals surface area (Å²) in [4.78, 5) is 4.69. The highest BCUT2D eigenvalue weighted by molar-refractivity contribution is 7.02. The summed E-state index contributed by atoms with van der Waals surface area (Å²) in [5.74, 6) is 3.38. The smallest absolute Gasteiger partial charge is 0.256 e. The predicted molar refractivity (Wildman–Crippen MR) is 312 cm³/mol. The van der Waals surface area contributed by atoms with Crippen molar-refractivity contribution < 1.29 is 9.47 Å². The minimum atomic E-state index is -0.126. The molecule has 348 valence electrons. The second-order valence-electron chi connectivity index (χ2n) is 20.4. The summed E-state index contributed by atoms with van der Waals surface area (Å²) in [7, 11) is 0. The van der Waals surface area contributed by atoms with Gasteiger partial charge >= 0.3 is 0 Å². The van der Waals surface area contributed by atoms with E-state index < -0.39 is 0 Å². The summed E-state index contributed by atoms with van der Waals surface area (Å²) < 4.78 is 20.2. The molecule has 0 fully saturated rings. The first-order chi connectivity index (χ1) is 37.2. The van der Waals surface area contributed by atoms with E-state index in [1.54, 1.807) is 0 Å². The van der Waals surface area contributed by atoms with Crippen molar-refractivity contribution in [3.05, 3.63) is 242 Å². The summed E-state index contributed by atoms with van der Waals surface area (Å²) >= 11 is 0. The minimum absolute atomic E-state index is 0.126. The van der Waals surface area contributed by atoms with Crippen molar-refractivity contribution in [1.29, 1.82) is 0 Å². The number of hydrogen-bond donors (Lipinski definition) is 0. The molecule has 0 bridgehead atoms. The molecule has 13 aromatic rings. The average Bonchev–Trinajstić information content (AvgIpc) is 4.15. The molecule has 0 unspecified atom stereocenters. The zero-order chi connectivity index (χ0) is 49.0. The van der Waals surface area contributed by atoms with E-state index in [4.69, 9.17) is 9.47 Å². The third-order valence-electron chi connectivity index (χ3n) is 16.5. The Morgan fingerprint density at radius 2 is 0.693 bits per heavy atom. The van der Waals surface area contributed by atoms with Crippen LogP contribution in [-0.4, -0.2) is 22.6 Å². The minimum Gasteiger partial charge on any atom is -0.458 e. The zero-order valence-electron chi connectivity index (χ0n) is 40.8. The van der Waals surface area contributed by atoms with Crippen LogP contribution >= 0.6 is 0 Å². The van der Waals surface area contributed by atoms with Crippen molar-refractivity contribution in [3.63, 3.8) is 0 Å². The van der Waals surface area contributed by atoms with E-state index in [9.17, 15) is 0 Å². The largest absolute Gasteiger partial charge is 0.458 e. The van der Waals surface area contributed by atoms with Crippen molar-refractivity contribution in [1.82, 2.24) is 9.13 Å². The Bertz CT molecular complexity index is 4210. The normalized spacial score (nSPS) is 13.0. The van der Waals surface area contributed by atoms with Crippen LogP contribution in [-0.2, 0) is 0 Å². The number of rotatable bonds is 6. The van der Waals surface area contributed by atoms with Crippen LogP contribution < -0.4 is 52.1 Å². The first-order valence-corrected chi connectivity index (χ1v) is 25.9. The summed E-state index contributed by atoms with van der Waals surface area (Å²) in [5.41, 5.74) is 21.6. The van der Waals surface area contributed by atoms with Gasteiger partial charge in [0.05, 0.1) is 22.4 Å². The summed E-state index contributed by atoms with van der Waals surface area (Å²) in [6.07, 6.45) is 0. The van der Waals surface area contributed by atoms with E-state index >= 15 is 0 Å². The van der Waals surface area contributed by atoms with Gasteiger partial charge in [-0.15, -0.1) is 0 Å². The number of nitrogens with zero attached hydrogens (tertiary/aromatic N) is 4. The molecular formula is C67H42B2N4O2. The first-order valence-electron chi connectivity index (χ1n) is 25.9. The standard InChI is InChI=1S/C67H42B2N4O2/c1-41-66-54(68-52-32-18-30-50-48-28-14-16-34-56(48)72(64(50)52)58-36-46(38-60(74-66)62(58)68)70(42-20-6-2-7-21-42)43-22-8-3-9-23-43)40-55-67(41)75-61-39-47(71(44-24-10-4-11-25-44)45-26-12-5-13-27-45)37-59-63(61)69(55)53-33-19-31-51-49-29-15-17-35-57(49)73(59)65(51)53/h2-40H,1H3. The van der Waals surface area contributed by atoms with Gasteiger partial charge in [0.15, 0.2) is 0 Å². The molecule has 0 saturated heterocycles. The highest BCUT2D eigenvalue weighted by atomic mass is 16.5. The lowest BCUT2D eigenvalue weighted by Crippen LogP contribution is -2.62. The van der Waals surface area contributed by atoms with Gasteiger partial charge in [-0.2, -0.15) is 0 Å². The fourth-order valence-corrected chi connectivity index (χ4v) is 13.5. The van der Waals surface area contributed by atoms with Crippen LogP contribution in [0, 0.1) is 6.92 Å². The van der Waals surface area contributed by atoms with E-state index in [0.29, 0.717) is 0 Å². The lowest BCUT2D eigenvalue weighted by atomic mass is 9.31. The molecule has 4 aliphatic rings. The van der Waals surface area contributed by atoms with Crippen LogP contribution in [0.1, 0.15) is 5.56 Å². The Morgan fingerprint density at radius 3 is 1.09 bits per heavy atom. The van der Waals surface area contributed by atoms with Crippen LogP contribution in [0.25, 0.3) is 55.0 Å². The monoisotopic (exact) mass is 956 g/mol. The SMILES string of the molecule is Cc1c2c(cc3c1Oc1cc(N(c4ccccc4)c4ccccc4)cc4c1B3c1cccc3c5ccccc5n-4c13)B1c3c(cc(N(c4ccccc4)c4ccccc4)cc3-n3c4ccccc4c4cccc1c43)O2. The number of fused-ring (bicyclic) bond motifs is 14. The number of para-hydroxylation sites is 8. The Morgan fingerprint density at radius 1 is 0.333 bits per heavy atom. The van der Waals surface area contributed by atoms with Crippen LogP contribution in [0.4, 0.5) is 34.1 Å². The summed E-state index contributed by atoms with van der Waals surface area (Å²) in [6, 6.07) is 86.0. The molecule has 0 amide bonds. The lowest BCUT2D eigenvalue weighted by molar-refractivity contribution is 0.459. The molecule has 8 heteroatoms. The van der Waals surface area contributed by atoms with Crippen molar-refractivity contribution in [2.75, 3.05) is 9.80 Å². The molecule has 0 N–H and O–H groups in total. The first kappa shape index (κ1) is 40.9.